The molecule has 2 atom stereocenters. The highest BCUT2D eigenvalue weighted by Gasteiger charge is 2.27. The first-order valence-electron chi connectivity index (χ1n) is 5.42. The van der Waals surface area contributed by atoms with Gasteiger partial charge in [-0.05, 0) is 27.0 Å². The Hall–Kier alpha value is -1.16. The zero-order valence-electron chi connectivity index (χ0n) is 9.59. The van der Waals surface area contributed by atoms with Crippen molar-refractivity contribution in [2.24, 2.45) is 0 Å². The number of hydrogen-bond donors (Lipinski definition) is 0. The van der Waals surface area contributed by atoms with Gasteiger partial charge in [0, 0.05) is 37.6 Å². The quantitative estimate of drug-likeness (QED) is 0.686. The maximum atomic E-state index is 4.29. The number of rotatable bonds is 1. The monoisotopic (exact) mass is 206 g/mol. The van der Waals surface area contributed by atoms with E-state index in [2.05, 4.69) is 40.7 Å². The van der Waals surface area contributed by atoms with Gasteiger partial charge >= 0.3 is 0 Å². The van der Waals surface area contributed by atoms with E-state index in [1.807, 2.05) is 6.07 Å². The molecule has 1 aromatic rings. The molecule has 0 N–H and O–H groups in total. The Labute approximate surface area is 90.9 Å². The fourth-order valence-corrected chi connectivity index (χ4v) is 2.02. The van der Waals surface area contributed by atoms with Crippen LogP contribution >= 0.6 is 0 Å². The summed E-state index contributed by atoms with van der Waals surface area (Å²) in [5.41, 5.74) is 0. The Bertz CT molecular complexity index is 302. The van der Waals surface area contributed by atoms with Crippen molar-refractivity contribution in [3.63, 3.8) is 0 Å². The van der Waals surface area contributed by atoms with E-state index < -0.39 is 0 Å². The van der Waals surface area contributed by atoms with E-state index in [4.69, 9.17) is 0 Å². The number of aromatic nitrogens is 2. The van der Waals surface area contributed by atoms with Gasteiger partial charge < -0.3 is 4.90 Å². The molecule has 2 heterocycles. The number of likely N-dealkylation sites (N-methyl/N-ethyl adjacent to an activating group) is 1. The molecule has 0 amide bonds. The maximum Gasteiger partial charge on any atom is 0.225 e. The van der Waals surface area contributed by atoms with Crippen molar-refractivity contribution in [3.8, 4) is 0 Å². The zero-order chi connectivity index (χ0) is 10.8. The third-order valence-electron chi connectivity index (χ3n) is 3.19. The molecule has 0 bridgehead atoms. The summed E-state index contributed by atoms with van der Waals surface area (Å²) in [7, 11) is 2.18. The molecule has 0 aromatic carbocycles. The second-order valence-electron chi connectivity index (χ2n) is 4.32. The van der Waals surface area contributed by atoms with E-state index >= 15 is 0 Å². The van der Waals surface area contributed by atoms with Crippen LogP contribution in [-0.2, 0) is 0 Å². The van der Waals surface area contributed by atoms with Crippen LogP contribution in [0, 0.1) is 0 Å². The molecule has 0 aliphatic carbocycles. The smallest absolute Gasteiger partial charge is 0.225 e. The topological polar surface area (TPSA) is 32.3 Å². The van der Waals surface area contributed by atoms with E-state index in [0.717, 1.165) is 19.0 Å². The van der Waals surface area contributed by atoms with Gasteiger partial charge in [0.25, 0.3) is 0 Å². The standard InChI is InChI=1S/C11H18N4/c1-9-7-15(8-10(2)14(9)3)11-12-5-4-6-13-11/h4-6,9-10H,7-8H2,1-3H3. The molecule has 0 radical (unpaired) electrons. The SMILES string of the molecule is CC1CN(c2ncccn2)CC(C)N1C. The van der Waals surface area contributed by atoms with Crippen LogP contribution < -0.4 is 4.90 Å². The van der Waals surface area contributed by atoms with E-state index in [1.54, 1.807) is 12.4 Å². The second kappa shape index (κ2) is 4.14. The van der Waals surface area contributed by atoms with Crippen molar-refractivity contribution >= 4 is 5.95 Å². The minimum absolute atomic E-state index is 0.553. The predicted octanol–water partition coefficient (Wildman–Crippen LogP) is 1.01. The Morgan fingerprint density at radius 3 is 2.20 bits per heavy atom. The lowest BCUT2D eigenvalue weighted by atomic mass is 10.1. The Kier molecular flexibility index (Phi) is 2.86. The summed E-state index contributed by atoms with van der Waals surface area (Å²) in [5, 5.41) is 0. The number of nitrogens with zero attached hydrogens (tertiary/aromatic N) is 4. The van der Waals surface area contributed by atoms with Gasteiger partial charge in [-0.15, -0.1) is 0 Å². The lowest BCUT2D eigenvalue weighted by Crippen LogP contribution is -2.55. The van der Waals surface area contributed by atoms with Crippen LogP contribution in [0.25, 0.3) is 0 Å². The molecule has 15 heavy (non-hydrogen) atoms. The van der Waals surface area contributed by atoms with Gasteiger partial charge in [0.15, 0.2) is 0 Å². The third kappa shape index (κ3) is 2.09. The molecular weight excluding hydrogens is 188 g/mol. The molecule has 0 spiro atoms. The molecule has 1 fully saturated rings. The summed E-state index contributed by atoms with van der Waals surface area (Å²) < 4.78 is 0. The third-order valence-corrected chi connectivity index (χ3v) is 3.19. The average molecular weight is 206 g/mol. The lowest BCUT2D eigenvalue weighted by Gasteiger charge is -2.42. The van der Waals surface area contributed by atoms with Crippen LogP contribution in [0.2, 0.25) is 0 Å². The molecule has 4 heteroatoms. The minimum atomic E-state index is 0.553. The molecule has 1 aromatic heterocycles. The van der Waals surface area contributed by atoms with Crippen molar-refractivity contribution in [2.45, 2.75) is 25.9 Å². The molecule has 2 unspecified atom stereocenters. The van der Waals surface area contributed by atoms with Gasteiger partial charge in [-0.3, -0.25) is 4.90 Å². The largest absolute Gasteiger partial charge is 0.338 e. The predicted molar refractivity (Wildman–Crippen MR) is 60.9 cm³/mol. The molecule has 1 saturated heterocycles. The van der Waals surface area contributed by atoms with E-state index in [9.17, 15) is 0 Å². The fraction of sp³-hybridized carbons (Fsp3) is 0.636. The summed E-state index contributed by atoms with van der Waals surface area (Å²) in [6.45, 7) is 6.49. The van der Waals surface area contributed by atoms with E-state index in [1.165, 1.54) is 0 Å². The highest BCUT2D eigenvalue weighted by Crippen LogP contribution is 2.16. The first-order chi connectivity index (χ1) is 7.18. The van der Waals surface area contributed by atoms with Gasteiger partial charge in [-0.1, -0.05) is 0 Å². The van der Waals surface area contributed by atoms with Gasteiger partial charge in [-0.25, -0.2) is 9.97 Å². The number of piperazine rings is 1. The molecular formula is C11H18N4. The number of hydrogen-bond acceptors (Lipinski definition) is 4. The molecule has 2 rings (SSSR count). The van der Waals surface area contributed by atoms with Gasteiger partial charge in [0.05, 0.1) is 0 Å². The van der Waals surface area contributed by atoms with E-state index in [-0.39, 0.29) is 0 Å². The summed E-state index contributed by atoms with van der Waals surface area (Å²) >= 11 is 0. The summed E-state index contributed by atoms with van der Waals surface area (Å²) in [6, 6.07) is 2.96. The van der Waals surface area contributed by atoms with Crippen molar-refractivity contribution < 1.29 is 0 Å². The van der Waals surface area contributed by atoms with Crippen LogP contribution in [0.5, 0.6) is 0 Å². The summed E-state index contributed by atoms with van der Waals surface area (Å²) in [4.78, 5) is 13.2. The van der Waals surface area contributed by atoms with Crippen LogP contribution in [-0.4, -0.2) is 47.1 Å². The first kappa shape index (κ1) is 10.4. The van der Waals surface area contributed by atoms with Crippen molar-refractivity contribution in [2.75, 3.05) is 25.0 Å². The first-order valence-corrected chi connectivity index (χ1v) is 5.42. The normalized spacial score (nSPS) is 28.1. The lowest BCUT2D eigenvalue weighted by molar-refractivity contribution is 0.169. The van der Waals surface area contributed by atoms with Crippen molar-refractivity contribution in [1.82, 2.24) is 14.9 Å². The van der Waals surface area contributed by atoms with Crippen molar-refractivity contribution in [3.05, 3.63) is 18.5 Å². The molecule has 1 aliphatic rings. The van der Waals surface area contributed by atoms with Crippen LogP contribution in [0.15, 0.2) is 18.5 Å². The maximum absolute atomic E-state index is 4.29. The van der Waals surface area contributed by atoms with Gasteiger partial charge in [-0.2, -0.15) is 0 Å². The molecule has 82 valence electrons. The van der Waals surface area contributed by atoms with E-state index in [0.29, 0.717) is 12.1 Å². The molecule has 1 aliphatic heterocycles. The minimum Gasteiger partial charge on any atom is -0.338 e. The van der Waals surface area contributed by atoms with Gasteiger partial charge in [0.2, 0.25) is 5.95 Å². The fourth-order valence-electron chi connectivity index (χ4n) is 2.02. The highest BCUT2D eigenvalue weighted by molar-refractivity contribution is 5.30. The Balaban J connectivity index is 2.13. The Morgan fingerprint density at radius 1 is 1.13 bits per heavy atom. The number of anilines is 1. The van der Waals surface area contributed by atoms with Crippen LogP contribution in [0.3, 0.4) is 0 Å². The highest BCUT2D eigenvalue weighted by atomic mass is 15.3. The second-order valence-corrected chi connectivity index (χ2v) is 4.32. The molecule has 4 nitrogen and oxygen atoms in total. The van der Waals surface area contributed by atoms with Crippen LogP contribution in [0.1, 0.15) is 13.8 Å². The Morgan fingerprint density at radius 2 is 1.67 bits per heavy atom. The summed E-state index contributed by atoms with van der Waals surface area (Å²) in [6.07, 6.45) is 3.60. The average Bonchev–Trinajstić information content (AvgIpc) is 2.26. The van der Waals surface area contributed by atoms with Gasteiger partial charge in [0.1, 0.15) is 0 Å². The summed E-state index contributed by atoms with van der Waals surface area (Å²) in [5.74, 6) is 0.851. The molecule has 0 saturated carbocycles. The van der Waals surface area contributed by atoms with Crippen LogP contribution in [0.4, 0.5) is 5.95 Å². The van der Waals surface area contributed by atoms with Crippen molar-refractivity contribution in [1.29, 1.82) is 0 Å². The zero-order valence-corrected chi connectivity index (χ0v) is 9.59.